The molecular formula is C25H27ClFN5O3. The number of aliphatic imine (C=N–C) groups is 1. The normalized spacial score (nSPS) is 15.0. The molecule has 1 aromatic heterocycles. The molecule has 3 aromatic rings. The van der Waals surface area contributed by atoms with E-state index in [1.54, 1.807) is 63.2 Å². The van der Waals surface area contributed by atoms with Crippen LogP contribution in [0.4, 0.5) is 15.0 Å². The van der Waals surface area contributed by atoms with Crippen LogP contribution in [0, 0.1) is 5.82 Å². The fourth-order valence-electron chi connectivity index (χ4n) is 3.54. The highest BCUT2D eigenvalue weighted by atomic mass is 35.5. The number of hydrogen-bond donors (Lipinski definition) is 2. The summed E-state index contributed by atoms with van der Waals surface area (Å²) in [6.45, 7) is 5.87. The molecule has 1 aliphatic heterocycles. The number of benzene rings is 2. The van der Waals surface area contributed by atoms with Crippen molar-refractivity contribution >= 4 is 40.3 Å². The first-order valence-corrected chi connectivity index (χ1v) is 11.4. The number of amidine groups is 1. The van der Waals surface area contributed by atoms with Gasteiger partial charge in [-0.05, 0) is 63.1 Å². The molecule has 2 heterocycles. The van der Waals surface area contributed by atoms with Crippen LogP contribution in [0.3, 0.4) is 0 Å². The van der Waals surface area contributed by atoms with E-state index in [4.69, 9.17) is 21.1 Å². The second-order valence-corrected chi connectivity index (χ2v) is 9.31. The number of carbonyl (C=O) groups excluding carboxylic acids is 1. The SMILES string of the molecule is COC1=CC(=NCCc2ccc(F)cc2)NN(c2cc3c(Cl)cccc3n2C(=O)OC(C)(C)C)N1. The Morgan fingerprint density at radius 1 is 1.14 bits per heavy atom. The molecule has 184 valence electrons. The number of nitrogens with zero attached hydrogens (tertiary/aromatic N) is 3. The molecule has 0 bridgehead atoms. The van der Waals surface area contributed by atoms with Crippen LogP contribution in [0.5, 0.6) is 0 Å². The predicted octanol–water partition coefficient (Wildman–Crippen LogP) is 5.18. The number of aromatic nitrogens is 1. The van der Waals surface area contributed by atoms with E-state index in [2.05, 4.69) is 15.8 Å². The maximum atomic E-state index is 13.2. The topological polar surface area (TPSA) is 80.1 Å². The smallest absolute Gasteiger partial charge is 0.420 e. The lowest BCUT2D eigenvalue weighted by Gasteiger charge is -2.32. The van der Waals surface area contributed by atoms with Crippen molar-refractivity contribution < 1.29 is 18.7 Å². The average molecular weight is 500 g/mol. The van der Waals surface area contributed by atoms with Crippen molar-refractivity contribution in [3.05, 3.63) is 76.9 Å². The van der Waals surface area contributed by atoms with Crippen molar-refractivity contribution in [3.63, 3.8) is 0 Å². The van der Waals surface area contributed by atoms with Crippen LogP contribution in [0.15, 0.2) is 65.5 Å². The number of anilines is 1. The summed E-state index contributed by atoms with van der Waals surface area (Å²) >= 11 is 6.43. The zero-order chi connectivity index (χ0) is 25.2. The van der Waals surface area contributed by atoms with Gasteiger partial charge in [0.1, 0.15) is 17.3 Å². The highest BCUT2D eigenvalue weighted by molar-refractivity contribution is 6.35. The van der Waals surface area contributed by atoms with Crippen LogP contribution in [0.25, 0.3) is 10.9 Å². The van der Waals surface area contributed by atoms with Crippen LogP contribution in [0.1, 0.15) is 26.3 Å². The Hall–Kier alpha value is -3.72. The van der Waals surface area contributed by atoms with Gasteiger partial charge >= 0.3 is 6.09 Å². The van der Waals surface area contributed by atoms with Crippen LogP contribution < -0.4 is 16.0 Å². The minimum absolute atomic E-state index is 0.274. The highest BCUT2D eigenvalue weighted by Crippen LogP contribution is 2.32. The first-order chi connectivity index (χ1) is 16.6. The summed E-state index contributed by atoms with van der Waals surface area (Å²) in [5.41, 5.74) is 7.08. The molecule has 0 saturated heterocycles. The Morgan fingerprint density at radius 3 is 2.57 bits per heavy atom. The second kappa shape index (κ2) is 9.87. The molecule has 2 N–H and O–H groups in total. The van der Waals surface area contributed by atoms with E-state index in [1.807, 2.05) is 0 Å². The van der Waals surface area contributed by atoms with Crippen LogP contribution >= 0.6 is 11.6 Å². The van der Waals surface area contributed by atoms with Gasteiger partial charge in [-0.3, -0.25) is 10.4 Å². The van der Waals surface area contributed by atoms with Gasteiger partial charge in [0.15, 0.2) is 5.82 Å². The number of rotatable bonds is 5. The maximum absolute atomic E-state index is 13.2. The minimum atomic E-state index is -0.698. The molecule has 0 aliphatic carbocycles. The quantitative estimate of drug-likeness (QED) is 0.504. The fourth-order valence-corrected chi connectivity index (χ4v) is 3.77. The Kier molecular flexibility index (Phi) is 6.88. The fraction of sp³-hybridized carbons (Fsp3) is 0.280. The summed E-state index contributed by atoms with van der Waals surface area (Å²) < 4.78 is 25.7. The number of hydrogen-bond acceptors (Lipinski definition) is 6. The molecule has 10 heteroatoms. The number of carbonyl (C=O) groups is 1. The van der Waals surface area contributed by atoms with Crippen molar-refractivity contribution in [3.8, 4) is 0 Å². The molecule has 0 saturated carbocycles. The molecule has 0 unspecified atom stereocenters. The zero-order valence-electron chi connectivity index (χ0n) is 19.9. The number of hydrazine groups is 2. The van der Waals surface area contributed by atoms with E-state index in [1.165, 1.54) is 28.9 Å². The van der Waals surface area contributed by atoms with Crippen molar-refractivity contribution in [2.75, 3.05) is 18.8 Å². The molecule has 0 spiro atoms. The summed E-state index contributed by atoms with van der Waals surface area (Å²) in [5.74, 6) is 1.08. The van der Waals surface area contributed by atoms with Crippen LogP contribution in [0.2, 0.25) is 5.02 Å². The average Bonchev–Trinajstić information content (AvgIpc) is 3.20. The maximum Gasteiger partial charge on any atom is 0.420 e. The lowest BCUT2D eigenvalue weighted by molar-refractivity contribution is 0.0545. The second-order valence-electron chi connectivity index (χ2n) is 8.91. The summed E-state index contributed by atoms with van der Waals surface area (Å²) in [4.78, 5) is 17.8. The number of fused-ring (bicyclic) bond motifs is 1. The monoisotopic (exact) mass is 499 g/mol. The van der Waals surface area contributed by atoms with E-state index >= 15 is 0 Å². The summed E-state index contributed by atoms with van der Waals surface area (Å²) in [7, 11) is 1.53. The Labute approximate surface area is 207 Å². The molecule has 0 fully saturated rings. The first-order valence-electron chi connectivity index (χ1n) is 11.1. The third-order valence-electron chi connectivity index (χ3n) is 5.11. The molecule has 8 nitrogen and oxygen atoms in total. The van der Waals surface area contributed by atoms with Crippen molar-refractivity contribution in [2.24, 2.45) is 4.99 Å². The van der Waals surface area contributed by atoms with Crippen LogP contribution in [-0.2, 0) is 15.9 Å². The molecule has 0 radical (unpaired) electrons. The van der Waals surface area contributed by atoms with Gasteiger partial charge in [-0.15, -0.1) is 0 Å². The lowest BCUT2D eigenvalue weighted by Crippen LogP contribution is -2.55. The zero-order valence-corrected chi connectivity index (χ0v) is 20.7. The molecule has 0 atom stereocenters. The molecular weight excluding hydrogens is 473 g/mol. The van der Waals surface area contributed by atoms with E-state index in [0.717, 1.165) is 5.56 Å². The molecule has 4 rings (SSSR count). The molecule has 1 aliphatic rings. The Balaban J connectivity index is 1.66. The van der Waals surface area contributed by atoms with Gasteiger partial charge in [0.25, 0.3) is 0 Å². The van der Waals surface area contributed by atoms with Crippen molar-refractivity contribution in [1.29, 1.82) is 0 Å². The number of methoxy groups -OCH3 is 1. The van der Waals surface area contributed by atoms with Gasteiger partial charge in [0.2, 0.25) is 5.88 Å². The van der Waals surface area contributed by atoms with E-state index in [0.29, 0.717) is 46.4 Å². The lowest BCUT2D eigenvalue weighted by atomic mass is 10.1. The Bertz CT molecular complexity index is 1290. The van der Waals surface area contributed by atoms with Gasteiger partial charge in [0.05, 0.1) is 17.6 Å². The third kappa shape index (κ3) is 5.68. The standard InChI is InChI=1S/C25H27ClFN5O3/c1-25(2,3)35-24(33)31-20-7-5-6-19(26)18(20)14-23(31)32-29-21(15-22(30-32)34-4)28-13-12-16-8-10-17(27)11-9-16/h5-11,14-15,30H,12-13H2,1-4H3,(H,28,29). The van der Waals surface area contributed by atoms with Gasteiger partial charge < -0.3 is 9.47 Å². The van der Waals surface area contributed by atoms with E-state index in [-0.39, 0.29) is 5.82 Å². The van der Waals surface area contributed by atoms with Gasteiger partial charge in [0, 0.05) is 18.0 Å². The summed E-state index contributed by atoms with van der Waals surface area (Å²) in [5, 5.41) is 2.70. The Morgan fingerprint density at radius 2 is 1.89 bits per heavy atom. The van der Waals surface area contributed by atoms with Gasteiger partial charge in [-0.25, -0.2) is 19.2 Å². The third-order valence-corrected chi connectivity index (χ3v) is 5.44. The van der Waals surface area contributed by atoms with Gasteiger partial charge in [-0.2, -0.15) is 5.12 Å². The number of halogens is 2. The summed E-state index contributed by atoms with van der Waals surface area (Å²) in [6, 6.07) is 13.4. The van der Waals surface area contributed by atoms with Crippen LogP contribution in [-0.4, -0.2) is 35.8 Å². The summed E-state index contributed by atoms with van der Waals surface area (Å²) in [6.07, 6.45) is 1.77. The highest BCUT2D eigenvalue weighted by Gasteiger charge is 2.28. The minimum Gasteiger partial charge on any atom is -0.481 e. The van der Waals surface area contributed by atoms with Crippen molar-refractivity contribution in [2.45, 2.75) is 32.8 Å². The van der Waals surface area contributed by atoms with E-state index < -0.39 is 11.7 Å². The molecule has 0 amide bonds. The first kappa shape index (κ1) is 24.4. The molecule has 2 aromatic carbocycles. The number of nitrogens with one attached hydrogen (secondary N) is 2. The van der Waals surface area contributed by atoms with Gasteiger partial charge in [-0.1, -0.05) is 29.8 Å². The van der Waals surface area contributed by atoms with E-state index in [9.17, 15) is 9.18 Å². The van der Waals surface area contributed by atoms with Crippen molar-refractivity contribution in [1.82, 2.24) is 15.4 Å². The largest absolute Gasteiger partial charge is 0.481 e. The predicted molar refractivity (Wildman–Crippen MR) is 135 cm³/mol. The molecule has 35 heavy (non-hydrogen) atoms. The number of ether oxygens (including phenoxy) is 2.